The summed E-state index contributed by atoms with van der Waals surface area (Å²) >= 11 is 0. The smallest absolute Gasteiger partial charge is 0.320 e. The van der Waals surface area contributed by atoms with Gasteiger partial charge in [0.05, 0.1) is 35.8 Å². The number of rotatable bonds is 10. The number of likely N-dealkylation sites (tertiary alicyclic amines) is 1. The van der Waals surface area contributed by atoms with Crippen molar-refractivity contribution in [3.05, 3.63) is 71.0 Å². The molecule has 9 rings (SSSR count). The minimum atomic E-state index is -0.868. The molecule has 3 aromatic rings. The van der Waals surface area contributed by atoms with E-state index in [1.54, 1.807) is 17.2 Å². The van der Waals surface area contributed by atoms with E-state index in [-0.39, 0.29) is 48.6 Å². The molecule has 4 saturated heterocycles. The van der Waals surface area contributed by atoms with Gasteiger partial charge in [-0.1, -0.05) is 12.1 Å². The van der Waals surface area contributed by atoms with Crippen LogP contribution in [-0.4, -0.2) is 143 Å². The SMILES string of the molecule is CN1CCN([C@@H]2CCCN(c3cnc(C(N)=O)c(Nc4ccc(C5CCN(C[C@@H]6CCCN(c7ccc8c(c7)C(=O)N(C7CCC(=O)CC7=O)C8=O)C6)CC5)cc4)n3)C2)C1=O. The average molecular weight is 831 g/mol. The van der Waals surface area contributed by atoms with Crippen molar-refractivity contribution in [3.63, 3.8) is 0 Å². The standard InChI is InChI=1S/C45H54N10O6/c1-50-20-21-54(45(50)61)33-5-3-17-53(27-33)39-24-47-40(41(46)58)42(49-39)48-31-8-6-29(7-9-31)30-14-18-51(19-15-30)25-28-4-2-16-52(26-28)32-10-12-35-36(22-32)44(60)55(43(35)59)37-13-11-34(56)23-38(37)57/h6-10,12,22,24,28,30,33,37H,2-5,11,13-21,23,25-27H2,1H3,(H2,46,58)(H,48,49)/t28-,33+,37?/m0/s1. The predicted octanol–water partition coefficient (Wildman–Crippen LogP) is 4.04. The van der Waals surface area contributed by atoms with Crippen molar-refractivity contribution in [3.8, 4) is 0 Å². The van der Waals surface area contributed by atoms with Crippen molar-refractivity contribution in [2.75, 3.05) is 81.1 Å². The molecule has 2 aromatic carbocycles. The number of nitrogens with two attached hydrogens (primary N) is 1. The molecule has 0 spiro atoms. The highest BCUT2D eigenvalue weighted by atomic mass is 16.2. The van der Waals surface area contributed by atoms with Gasteiger partial charge < -0.3 is 35.6 Å². The normalized spacial score (nSPS) is 24.2. The zero-order valence-corrected chi connectivity index (χ0v) is 34.8. The van der Waals surface area contributed by atoms with Crippen LogP contribution in [0, 0.1) is 5.92 Å². The Morgan fingerprint density at radius 2 is 1.57 bits per heavy atom. The topological polar surface area (TPSA) is 186 Å². The van der Waals surface area contributed by atoms with Crippen molar-refractivity contribution in [1.29, 1.82) is 0 Å². The van der Waals surface area contributed by atoms with Crippen molar-refractivity contribution in [2.24, 2.45) is 11.7 Å². The molecule has 5 aliphatic heterocycles. The van der Waals surface area contributed by atoms with E-state index in [1.165, 1.54) is 5.56 Å². The summed E-state index contributed by atoms with van der Waals surface area (Å²) < 4.78 is 0. The number of Topliss-reactive ketones (excluding diaryl/α,β-unsaturated/α-hetero) is 2. The number of piperidine rings is 3. The Hall–Kier alpha value is -5.90. The largest absolute Gasteiger partial charge is 0.371 e. The minimum Gasteiger partial charge on any atom is -0.371 e. The number of hydrogen-bond acceptors (Lipinski definition) is 12. The Morgan fingerprint density at radius 3 is 2.31 bits per heavy atom. The van der Waals surface area contributed by atoms with Crippen molar-refractivity contribution in [2.45, 2.75) is 75.8 Å². The predicted molar refractivity (Wildman–Crippen MR) is 228 cm³/mol. The molecule has 3 N–H and O–H groups in total. The molecule has 1 unspecified atom stereocenters. The van der Waals surface area contributed by atoms with Crippen LogP contribution in [0.3, 0.4) is 0 Å². The number of ketones is 2. The summed E-state index contributed by atoms with van der Waals surface area (Å²) in [5, 5.41) is 3.30. The van der Waals surface area contributed by atoms with Crippen molar-refractivity contribution < 1.29 is 28.8 Å². The Morgan fingerprint density at radius 1 is 0.820 bits per heavy atom. The second-order valence-corrected chi connectivity index (χ2v) is 17.7. The minimum absolute atomic E-state index is 0.0611. The van der Waals surface area contributed by atoms with E-state index in [0.29, 0.717) is 41.1 Å². The fourth-order valence-electron chi connectivity index (χ4n) is 10.3. The highest BCUT2D eigenvalue weighted by Gasteiger charge is 2.45. The summed E-state index contributed by atoms with van der Waals surface area (Å²) in [5.74, 6) is -0.201. The maximum atomic E-state index is 13.5. The van der Waals surface area contributed by atoms with E-state index in [4.69, 9.17) is 10.7 Å². The Labute approximate surface area is 355 Å². The van der Waals surface area contributed by atoms with E-state index in [1.807, 2.05) is 36.2 Å². The highest BCUT2D eigenvalue weighted by molar-refractivity contribution is 6.24. The number of amides is 5. The van der Waals surface area contributed by atoms with Crippen LogP contribution in [0.2, 0.25) is 0 Å². The fraction of sp³-hybridized carbons (Fsp3) is 0.511. The first-order valence-corrected chi connectivity index (χ1v) is 21.8. The molecule has 1 saturated carbocycles. The van der Waals surface area contributed by atoms with E-state index in [2.05, 4.69) is 37.1 Å². The van der Waals surface area contributed by atoms with Gasteiger partial charge in [0.25, 0.3) is 17.7 Å². The third-order valence-electron chi connectivity index (χ3n) is 13.7. The molecule has 1 aromatic heterocycles. The molecular formula is C45H54N10O6. The van der Waals surface area contributed by atoms with Crippen molar-refractivity contribution >= 4 is 58.3 Å². The second kappa shape index (κ2) is 16.9. The lowest BCUT2D eigenvalue weighted by molar-refractivity contribution is -0.132. The lowest BCUT2D eigenvalue weighted by Gasteiger charge is -2.39. The van der Waals surface area contributed by atoms with Gasteiger partial charge >= 0.3 is 6.03 Å². The van der Waals surface area contributed by atoms with Crippen LogP contribution in [0.4, 0.5) is 27.8 Å². The second-order valence-electron chi connectivity index (χ2n) is 17.7. The van der Waals surface area contributed by atoms with Gasteiger partial charge in [0, 0.05) is 70.7 Å². The Balaban J connectivity index is 0.781. The van der Waals surface area contributed by atoms with Crippen LogP contribution in [0.5, 0.6) is 0 Å². The summed E-state index contributed by atoms with van der Waals surface area (Å²) in [6.07, 6.45) is 7.89. The lowest BCUT2D eigenvalue weighted by atomic mass is 9.88. The molecule has 0 bridgehead atoms. The molecule has 5 fully saturated rings. The quantitative estimate of drug-likeness (QED) is 0.221. The molecular weight excluding hydrogens is 777 g/mol. The zero-order chi connectivity index (χ0) is 42.4. The molecule has 61 heavy (non-hydrogen) atoms. The van der Waals surface area contributed by atoms with Crippen molar-refractivity contribution in [1.82, 2.24) is 29.6 Å². The average Bonchev–Trinajstić information content (AvgIpc) is 3.73. The molecule has 3 atom stereocenters. The number of primary amides is 1. The number of carbonyl (C=O) groups excluding carboxylic acids is 6. The summed E-state index contributed by atoms with van der Waals surface area (Å²) in [7, 11) is 1.83. The molecule has 16 nitrogen and oxygen atoms in total. The molecule has 320 valence electrons. The number of nitrogens with zero attached hydrogens (tertiary/aromatic N) is 8. The molecule has 6 aliphatic rings. The Kier molecular flexibility index (Phi) is 11.2. The van der Waals surface area contributed by atoms with Gasteiger partial charge in [-0.2, -0.15) is 0 Å². The maximum absolute atomic E-state index is 13.5. The number of carbonyl (C=O) groups is 6. The fourth-order valence-corrected chi connectivity index (χ4v) is 10.3. The van der Waals surface area contributed by atoms with Gasteiger partial charge in [0.15, 0.2) is 17.3 Å². The molecule has 6 heterocycles. The van der Waals surface area contributed by atoms with Gasteiger partial charge in [-0.25, -0.2) is 14.8 Å². The van der Waals surface area contributed by atoms with E-state index in [0.717, 1.165) is 107 Å². The first-order valence-electron chi connectivity index (χ1n) is 21.8. The van der Waals surface area contributed by atoms with E-state index in [9.17, 15) is 28.8 Å². The zero-order valence-electron chi connectivity index (χ0n) is 34.8. The third-order valence-corrected chi connectivity index (χ3v) is 13.7. The monoisotopic (exact) mass is 830 g/mol. The first kappa shape index (κ1) is 40.5. The van der Waals surface area contributed by atoms with Crippen LogP contribution >= 0.6 is 0 Å². The number of nitrogens with one attached hydrogen (secondary N) is 1. The van der Waals surface area contributed by atoms with Crippen LogP contribution < -0.4 is 20.9 Å². The number of urea groups is 1. The number of aromatic nitrogens is 2. The molecule has 0 radical (unpaired) electrons. The number of fused-ring (bicyclic) bond motifs is 1. The summed E-state index contributed by atoms with van der Waals surface area (Å²) in [6.45, 7) is 7.62. The third kappa shape index (κ3) is 8.17. The van der Waals surface area contributed by atoms with Gasteiger partial charge in [-0.15, -0.1) is 0 Å². The van der Waals surface area contributed by atoms with Crippen LogP contribution in [0.15, 0.2) is 48.7 Å². The number of imide groups is 1. The molecule has 5 amide bonds. The van der Waals surface area contributed by atoms with Gasteiger partial charge in [0.1, 0.15) is 11.6 Å². The van der Waals surface area contributed by atoms with Gasteiger partial charge in [0.2, 0.25) is 0 Å². The molecule has 16 heteroatoms. The Bertz CT molecular complexity index is 2240. The van der Waals surface area contributed by atoms with E-state index >= 15 is 0 Å². The summed E-state index contributed by atoms with van der Waals surface area (Å²) in [6, 6.07) is 13.0. The lowest BCUT2D eigenvalue weighted by Crippen LogP contribution is -2.49. The van der Waals surface area contributed by atoms with Gasteiger partial charge in [-0.05, 0) is 106 Å². The van der Waals surface area contributed by atoms with E-state index < -0.39 is 23.8 Å². The summed E-state index contributed by atoms with van der Waals surface area (Å²) in [4.78, 5) is 97.2. The highest BCUT2D eigenvalue weighted by Crippen LogP contribution is 2.35. The maximum Gasteiger partial charge on any atom is 0.320 e. The van der Waals surface area contributed by atoms with Crippen LogP contribution in [0.25, 0.3) is 0 Å². The first-order chi connectivity index (χ1) is 29.5. The number of likely N-dealkylation sites (N-methyl/N-ethyl adjacent to an activating group) is 1. The van der Waals surface area contributed by atoms with Crippen LogP contribution in [0.1, 0.15) is 100 Å². The van der Waals surface area contributed by atoms with Gasteiger partial charge in [-0.3, -0.25) is 28.9 Å². The number of anilines is 4. The van der Waals surface area contributed by atoms with Crippen LogP contribution in [-0.2, 0) is 9.59 Å². The molecule has 1 aliphatic carbocycles. The number of hydrogen-bond donors (Lipinski definition) is 2. The summed E-state index contributed by atoms with van der Waals surface area (Å²) in [5.41, 5.74) is 9.44. The number of benzene rings is 2.